The van der Waals surface area contributed by atoms with Gasteiger partial charge in [0.1, 0.15) is 11.3 Å². The lowest BCUT2D eigenvalue weighted by molar-refractivity contribution is 0.102. The number of carbonyl (C=O) groups is 1. The minimum absolute atomic E-state index is 0.0669. The van der Waals surface area contributed by atoms with Gasteiger partial charge in [0.15, 0.2) is 0 Å². The zero-order valence-electron chi connectivity index (χ0n) is 12.6. The molecule has 0 aliphatic carbocycles. The van der Waals surface area contributed by atoms with Crippen molar-refractivity contribution in [2.45, 2.75) is 13.0 Å². The highest BCUT2D eigenvalue weighted by Gasteiger charge is 2.11. The van der Waals surface area contributed by atoms with E-state index in [0.29, 0.717) is 16.5 Å². The molecule has 3 aromatic heterocycles. The summed E-state index contributed by atoms with van der Waals surface area (Å²) in [5, 5.41) is 18.0. The third kappa shape index (κ3) is 3.69. The number of hydrogen-bond acceptors (Lipinski definition) is 7. The topological polar surface area (TPSA) is 97.6 Å². The van der Waals surface area contributed by atoms with E-state index in [1.54, 1.807) is 22.3 Å². The van der Waals surface area contributed by atoms with Crippen LogP contribution in [-0.4, -0.2) is 30.9 Å². The summed E-state index contributed by atoms with van der Waals surface area (Å²) in [4.78, 5) is 16.3. The van der Waals surface area contributed by atoms with Crippen LogP contribution in [0.5, 0.6) is 0 Å². The number of carbonyl (C=O) groups excluding carboxylic acids is 1. The highest BCUT2D eigenvalue weighted by molar-refractivity contribution is 7.13. The number of nitrogens with one attached hydrogen (secondary N) is 2. The van der Waals surface area contributed by atoms with Crippen LogP contribution in [0.3, 0.4) is 0 Å². The standard InChI is InChI=1S/C14H15N7OS/c1-9(11-6-17-21(2)7-11)18-12-4-3-10(5-15-12)13(22)19-14-20-16-8-23-14/h3-9H,1-2H3,(H,15,18)(H,19,20,22). The molecule has 0 aliphatic heterocycles. The first kappa shape index (κ1) is 15.1. The lowest BCUT2D eigenvalue weighted by Crippen LogP contribution is -2.13. The van der Waals surface area contributed by atoms with E-state index in [-0.39, 0.29) is 11.9 Å². The molecule has 2 N–H and O–H groups in total. The van der Waals surface area contributed by atoms with E-state index < -0.39 is 0 Å². The third-order valence-corrected chi connectivity index (χ3v) is 3.80. The van der Waals surface area contributed by atoms with Gasteiger partial charge in [0, 0.05) is 25.0 Å². The first-order valence-electron chi connectivity index (χ1n) is 6.90. The predicted octanol–water partition coefficient (Wildman–Crippen LogP) is 2.09. The van der Waals surface area contributed by atoms with Crippen molar-refractivity contribution >= 4 is 28.2 Å². The monoisotopic (exact) mass is 329 g/mol. The summed E-state index contributed by atoms with van der Waals surface area (Å²) < 4.78 is 1.75. The summed E-state index contributed by atoms with van der Waals surface area (Å²) >= 11 is 1.26. The van der Waals surface area contributed by atoms with Crippen LogP contribution in [0.2, 0.25) is 0 Å². The molecule has 1 unspecified atom stereocenters. The van der Waals surface area contributed by atoms with Gasteiger partial charge in [-0.15, -0.1) is 10.2 Å². The smallest absolute Gasteiger partial charge is 0.259 e. The summed E-state index contributed by atoms with van der Waals surface area (Å²) in [6, 6.07) is 3.54. The molecule has 0 spiro atoms. The van der Waals surface area contributed by atoms with Gasteiger partial charge in [-0.05, 0) is 19.1 Å². The summed E-state index contributed by atoms with van der Waals surface area (Å²) in [5.41, 5.74) is 3.08. The Morgan fingerprint density at radius 2 is 2.22 bits per heavy atom. The average Bonchev–Trinajstić information content (AvgIpc) is 3.19. The fourth-order valence-electron chi connectivity index (χ4n) is 1.98. The van der Waals surface area contributed by atoms with Crippen molar-refractivity contribution in [3.05, 3.63) is 47.4 Å². The van der Waals surface area contributed by atoms with Crippen LogP contribution in [-0.2, 0) is 7.05 Å². The number of aryl methyl sites for hydroxylation is 1. The van der Waals surface area contributed by atoms with Crippen molar-refractivity contribution in [3.63, 3.8) is 0 Å². The van der Waals surface area contributed by atoms with Crippen molar-refractivity contribution in [1.29, 1.82) is 0 Å². The van der Waals surface area contributed by atoms with Gasteiger partial charge < -0.3 is 5.32 Å². The molecule has 23 heavy (non-hydrogen) atoms. The number of amides is 1. The van der Waals surface area contributed by atoms with Crippen molar-refractivity contribution in [1.82, 2.24) is 25.0 Å². The van der Waals surface area contributed by atoms with Gasteiger partial charge in [0.05, 0.1) is 17.8 Å². The van der Waals surface area contributed by atoms with Crippen LogP contribution in [0.1, 0.15) is 28.9 Å². The van der Waals surface area contributed by atoms with Gasteiger partial charge in [0.2, 0.25) is 5.13 Å². The molecule has 3 heterocycles. The molecule has 3 aromatic rings. The Kier molecular flexibility index (Phi) is 4.29. The van der Waals surface area contributed by atoms with E-state index in [1.807, 2.05) is 26.4 Å². The molecule has 9 heteroatoms. The lowest BCUT2D eigenvalue weighted by Gasteiger charge is -2.12. The fraction of sp³-hybridized carbons (Fsp3) is 0.214. The Hall–Kier alpha value is -2.81. The van der Waals surface area contributed by atoms with Crippen LogP contribution in [0.15, 0.2) is 36.2 Å². The van der Waals surface area contributed by atoms with Gasteiger partial charge in [-0.2, -0.15) is 5.10 Å². The second-order valence-electron chi connectivity index (χ2n) is 4.94. The zero-order chi connectivity index (χ0) is 16.2. The van der Waals surface area contributed by atoms with Crippen molar-refractivity contribution in [2.24, 2.45) is 7.05 Å². The van der Waals surface area contributed by atoms with Gasteiger partial charge >= 0.3 is 0 Å². The Bertz CT molecular complexity index is 782. The fourth-order valence-corrected chi connectivity index (χ4v) is 2.42. The number of pyridine rings is 1. The number of hydrogen-bond donors (Lipinski definition) is 2. The Morgan fingerprint density at radius 3 is 2.83 bits per heavy atom. The highest BCUT2D eigenvalue weighted by atomic mass is 32.1. The van der Waals surface area contributed by atoms with E-state index in [9.17, 15) is 4.79 Å². The molecule has 3 rings (SSSR count). The minimum atomic E-state index is -0.263. The second-order valence-corrected chi connectivity index (χ2v) is 5.78. The number of rotatable bonds is 5. The van der Waals surface area contributed by atoms with Crippen LogP contribution in [0.25, 0.3) is 0 Å². The first-order valence-corrected chi connectivity index (χ1v) is 7.78. The van der Waals surface area contributed by atoms with Gasteiger partial charge in [-0.3, -0.25) is 14.8 Å². The normalized spacial score (nSPS) is 11.9. The minimum Gasteiger partial charge on any atom is -0.363 e. The van der Waals surface area contributed by atoms with Crippen LogP contribution < -0.4 is 10.6 Å². The molecule has 0 radical (unpaired) electrons. The van der Waals surface area contributed by atoms with Crippen molar-refractivity contribution < 1.29 is 4.79 Å². The zero-order valence-corrected chi connectivity index (χ0v) is 13.4. The molecular weight excluding hydrogens is 314 g/mol. The van der Waals surface area contributed by atoms with Crippen LogP contribution in [0, 0.1) is 0 Å². The maximum absolute atomic E-state index is 12.0. The largest absolute Gasteiger partial charge is 0.363 e. The molecule has 0 fully saturated rings. The van der Waals surface area contributed by atoms with E-state index in [2.05, 4.69) is 30.9 Å². The van der Waals surface area contributed by atoms with E-state index in [4.69, 9.17) is 0 Å². The quantitative estimate of drug-likeness (QED) is 0.744. The molecule has 118 valence electrons. The second kappa shape index (κ2) is 6.53. The van der Waals surface area contributed by atoms with Crippen LogP contribution >= 0.6 is 11.3 Å². The SMILES string of the molecule is CC(Nc1ccc(C(=O)Nc2nncs2)cn1)c1cnn(C)c1. The number of nitrogens with zero attached hydrogens (tertiary/aromatic N) is 5. The third-order valence-electron chi connectivity index (χ3n) is 3.20. The maximum Gasteiger partial charge on any atom is 0.259 e. The van der Waals surface area contributed by atoms with Crippen molar-refractivity contribution in [3.8, 4) is 0 Å². The number of anilines is 2. The van der Waals surface area contributed by atoms with Crippen molar-refractivity contribution in [2.75, 3.05) is 10.6 Å². The molecule has 0 saturated carbocycles. The molecule has 0 aliphatic rings. The van der Waals surface area contributed by atoms with E-state index >= 15 is 0 Å². The Labute approximate surface area is 136 Å². The Balaban J connectivity index is 1.63. The summed E-state index contributed by atoms with van der Waals surface area (Å²) in [6.45, 7) is 2.02. The molecule has 1 amide bonds. The molecule has 0 saturated heterocycles. The summed E-state index contributed by atoms with van der Waals surface area (Å²) in [7, 11) is 1.87. The molecular formula is C14H15N7OS. The van der Waals surface area contributed by atoms with E-state index in [0.717, 1.165) is 5.56 Å². The predicted molar refractivity (Wildman–Crippen MR) is 87.3 cm³/mol. The van der Waals surface area contributed by atoms with Gasteiger partial charge in [-0.25, -0.2) is 4.98 Å². The van der Waals surface area contributed by atoms with Crippen LogP contribution in [0.4, 0.5) is 10.9 Å². The average molecular weight is 329 g/mol. The van der Waals surface area contributed by atoms with E-state index in [1.165, 1.54) is 17.5 Å². The summed E-state index contributed by atoms with van der Waals surface area (Å²) in [6.07, 6.45) is 5.28. The molecule has 1 atom stereocenters. The highest BCUT2D eigenvalue weighted by Crippen LogP contribution is 2.17. The lowest BCUT2D eigenvalue weighted by atomic mass is 10.2. The Morgan fingerprint density at radius 1 is 1.35 bits per heavy atom. The first-order chi connectivity index (χ1) is 11.1. The molecule has 8 nitrogen and oxygen atoms in total. The van der Waals surface area contributed by atoms with Gasteiger partial charge in [-0.1, -0.05) is 11.3 Å². The number of aromatic nitrogens is 5. The molecule has 0 bridgehead atoms. The maximum atomic E-state index is 12.0. The van der Waals surface area contributed by atoms with Gasteiger partial charge in [0.25, 0.3) is 5.91 Å². The molecule has 0 aromatic carbocycles. The summed E-state index contributed by atoms with van der Waals surface area (Å²) in [5.74, 6) is 0.426.